The van der Waals surface area contributed by atoms with Crippen LogP contribution < -0.4 is 0 Å². The van der Waals surface area contributed by atoms with E-state index in [9.17, 15) is 14.4 Å². The van der Waals surface area contributed by atoms with Gasteiger partial charge in [-0.1, -0.05) is 0 Å². The first-order valence-electron chi connectivity index (χ1n) is 6.50. The van der Waals surface area contributed by atoms with E-state index >= 15 is 0 Å². The largest absolute Gasteiger partial charge is 0.469 e. The molecule has 1 rings (SSSR count). The number of nitrogens with zero attached hydrogens (tertiary/aromatic N) is 2. The lowest BCUT2D eigenvalue weighted by atomic mass is 9.90. The third-order valence-electron chi connectivity index (χ3n) is 3.53. The molecular formula is C13H22N2O5. The molecule has 1 aliphatic heterocycles. The van der Waals surface area contributed by atoms with E-state index in [0.29, 0.717) is 19.4 Å². The first kappa shape index (κ1) is 16.4. The Balaban J connectivity index is 2.82. The normalized spacial score (nSPS) is 23.0. The minimum Gasteiger partial charge on any atom is -0.469 e. The number of piperidine rings is 1. The quantitative estimate of drug-likeness (QED) is 0.649. The smallest absolute Gasteiger partial charge is 0.319 e. The fourth-order valence-electron chi connectivity index (χ4n) is 2.37. The second-order valence-corrected chi connectivity index (χ2v) is 5.04. The lowest BCUT2D eigenvalue weighted by Crippen LogP contribution is -2.53. The molecule has 1 fully saturated rings. The molecule has 1 saturated heterocycles. The molecular weight excluding hydrogens is 264 g/mol. The molecule has 7 heteroatoms. The Kier molecular flexibility index (Phi) is 5.94. The minimum absolute atomic E-state index is 0.0502. The van der Waals surface area contributed by atoms with Gasteiger partial charge < -0.3 is 14.4 Å². The Morgan fingerprint density at radius 2 is 1.85 bits per heavy atom. The predicted octanol–water partition coefficient (Wildman–Crippen LogP) is -0.499. The summed E-state index contributed by atoms with van der Waals surface area (Å²) in [6, 6.07) is -0.498. The van der Waals surface area contributed by atoms with Crippen LogP contribution >= 0.6 is 0 Å². The summed E-state index contributed by atoms with van der Waals surface area (Å²) in [5.41, 5.74) is 0. The van der Waals surface area contributed by atoms with Crippen LogP contribution in [0.4, 0.5) is 0 Å². The molecule has 2 unspecified atom stereocenters. The van der Waals surface area contributed by atoms with Gasteiger partial charge in [-0.2, -0.15) is 0 Å². The van der Waals surface area contributed by atoms with Gasteiger partial charge in [0.05, 0.1) is 32.7 Å². The van der Waals surface area contributed by atoms with Crippen molar-refractivity contribution in [2.24, 2.45) is 5.92 Å². The summed E-state index contributed by atoms with van der Waals surface area (Å²) in [5, 5.41) is 0. The molecule has 20 heavy (non-hydrogen) atoms. The van der Waals surface area contributed by atoms with Crippen molar-refractivity contribution in [2.75, 3.05) is 41.4 Å². The van der Waals surface area contributed by atoms with Crippen LogP contribution in [-0.4, -0.2) is 75.1 Å². The van der Waals surface area contributed by atoms with Crippen LogP contribution in [0.2, 0.25) is 0 Å². The van der Waals surface area contributed by atoms with Crippen LogP contribution in [-0.2, 0) is 23.9 Å². The molecule has 0 spiro atoms. The minimum atomic E-state index is -0.498. The molecule has 7 nitrogen and oxygen atoms in total. The summed E-state index contributed by atoms with van der Waals surface area (Å²) in [4.78, 5) is 38.5. The summed E-state index contributed by atoms with van der Waals surface area (Å²) < 4.78 is 9.38. The number of amides is 1. The number of hydrogen-bond donors (Lipinski definition) is 0. The molecule has 0 N–H and O–H groups in total. The van der Waals surface area contributed by atoms with Gasteiger partial charge in [0, 0.05) is 20.6 Å². The van der Waals surface area contributed by atoms with Gasteiger partial charge in [0.1, 0.15) is 0 Å². The van der Waals surface area contributed by atoms with E-state index in [1.807, 2.05) is 0 Å². The molecule has 114 valence electrons. The van der Waals surface area contributed by atoms with Gasteiger partial charge in [-0.25, -0.2) is 0 Å². The van der Waals surface area contributed by atoms with Crippen LogP contribution in [0.1, 0.15) is 12.8 Å². The highest BCUT2D eigenvalue weighted by Crippen LogP contribution is 2.25. The van der Waals surface area contributed by atoms with E-state index < -0.39 is 12.0 Å². The monoisotopic (exact) mass is 286 g/mol. The maximum Gasteiger partial charge on any atom is 0.319 e. The molecule has 0 aromatic carbocycles. The highest BCUT2D eigenvalue weighted by Gasteiger charge is 2.38. The van der Waals surface area contributed by atoms with Gasteiger partial charge >= 0.3 is 11.9 Å². The molecule has 0 radical (unpaired) electrons. The molecule has 0 aromatic rings. The Morgan fingerprint density at radius 1 is 1.20 bits per heavy atom. The summed E-state index contributed by atoms with van der Waals surface area (Å²) in [5.74, 6) is -1.12. The lowest BCUT2D eigenvalue weighted by molar-refractivity contribution is -0.151. The highest BCUT2D eigenvalue weighted by atomic mass is 16.5. The maximum atomic E-state index is 12.2. The molecule has 0 aliphatic carbocycles. The molecule has 0 aromatic heterocycles. The number of likely N-dealkylation sites (tertiary alicyclic amines) is 1. The van der Waals surface area contributed by atoms with E-state index in [2.05, 4.69) is 4.74 Å². The molecule has 1 aliphatic rings. The SMILES string of the molecule is COC(=O)CN1CCC(C(=O)OC)CC1C(=O)N(C)C. The summed E-state index contributed by atoms with van der Waals surface area (Å²) in [6.45, 7) is 0.535. The zero-order valence-corrected chi connectivity index (χ0v) is 12.4. The van der Waals surface area contributed by atoms with Crippen molar-refractivity contribution in [3.05, 3.63) is 0 Å². The van der Waals surface area contributed by atoms with Crippen molar-refractivity contribution >= 4 is 17.8 Å². The Labute approximate surface area is 118 Å². The number of esters is 2. The first-order chi connectivity index (χ1) is 9.40. The van der Waals surface area contributed by atoms with E-state index in [0.717, 1.165) is 0 Å². The van der Waals surface area contributed by atoms with Gasteiger partial charge in [-0.3, -0.25) is 19.3 Å². The van der Waals surface area contributed by atoms with Crippen LogP contribution in [0, 0.1) is 5.92 Å². The van der Waals surface area contributed by atoms with Crippen molar-refractivity contribution < 1.29 is 23.9 Å². The second kappa shape index (κ2) is 7.23. The lowest BCUT2D eigenvalue weighted by Gasteiger charge is -2.37. The van der Waals surface area contributed by atoms with Crippen molar-refractivity contribution in [1.29, 1.82) is 0 Å². The fourth-order valence-corrected chi connectivity index (χ4v) is 2.37. The zero-order valence-electron chi connectivity index (χ0n) is 12.4. The van der Waals surface area contributed by atoms with E-state index in [4.69, 9.17) is 4.74 Å². The topological polar surface area (TPSA) is 76.1 Å². The standard InChI is InChI=1S/C13H22N2O5/c1-14(2)12(17)10-7-9(13(18)20-4)5-6-15(10)8-11(16)19-3/h9-10H,5-8H2,1-4H3. The van der Waals surface area contributed by atoms with E-state index in [1.54, 1.807) is 19.0 Å². The molecule has 2 atom stereocenters. The number of carbonyl (C=O) groups is 3. The first-order valence-corrected chi connectivity index (χ1v) is 6.50. The van der Waals surface area contributed by atoms with Crippen molar-refractivity contribution in [3.63, 3.8) is 0 Å². The van der Waals surface area contributed by atoms with Crippen molar-refractivity contribution in [1.82, 2.24) is 9.80 Å². The summed E-state index contributed by atoms with van der Waals surface area (Å²) in [7, 11) is 5.96. The average molecular weight is 286 g/mol. The average Bonchev–Trinajstić information content (AvgIpc) is 2.45. The number of hydrogen-bond acceptors (Lipinski definition) is 6. The van der Waals surface area contributed by atoms with E-state index in [-0.39, 0.29) is 24.3 Å². The zero-order chi connectivity index (χ0) is 15.3. The summed E-state index contributed by atoms with van der Waals surface area (Å²) in [6.07, 6.45) is 0.932. The van der Waals surface area contributed by atoms with Gasteiger partial charge in [0.15, 0.2) is 0 Å². The Morgan fingerprint density at radius 3 is 2.35 bits per heavy atom. The molecule has 1 heterocycles. The van der Waals surface area contributed by atoms with Crippen molar-refractivity contribution in [2.45, 2.75) is 18.9 Å². The van der Waals surface area contributed by atoms with Crippen LogP contribution in [0.25, 0.3) is 0 Å². The van der Waals surface area contributed by atoms with Gasteiger partial charge in [0.2, 0.25) is 5.91 Å². The van der Waals surface area contributed by atoms with Crippen LogP contribution in [0.3, 0.4) is 0 Å². The fraction of sp³-hybridized carbons (Fsp3) is 0.769. The van der Waals surface area contributed by atoms with Crippen LogP contribution in [0.15, 0.2) is 0 Å². The molecule has 1 amide bonds. The number of likely N-dealkylation sites (N-methyl/N-ethyl adjacent to an activating group) is 1. The van der Waals surface area contributed by atoms with Gasteiger partial charge in [0.25, 0.3) is 0 Å². The number of ether oxygens (including phenoxy) is 2. The third-order valence-corrected chi connectivity index (χ3v) is 3.53. The number of methoxy groups -OCH3 is 2. The molecule has 0 saturated carbocycles. The number of carbonyl (C=O) groups excluding carboxylic acids is 3. The Bertz CT molecular complexity index is 383. The highest BCUT2D eigenvalue weighted by molar-refractivity contribution is 5.84. The van der Waals surface area contributed by atoms with Gasteiger partial charge in [-0.05, 0) is 12.8 Å². The predicted molar refractivity (Wildman–Crippen MR) is 70.8 cm³/mol. The van der Waals surface area contributed by atoms with E-state index in [1.165, 1.54) is 19.1 Å². The maximum absolute atomic E-state index is 12.2. The Hall–Kier alpha value is -1.63. The van der Waals surface area contributed by atoms with Crippen molar-refractivity contribution in [3.8, 4) is 0 Å². The third kappa shape index (κ3) is 3.93. The second-order valence-electron chi connectivity index (χ2n) is 5.04. The molecule has 0 bridgehead atoms. The van der Waals surface area contributed by atoms with Crippen LogP contribution in [0.5, 0.6) is 0 Å². The number of rotatable bonds is 4. The summed E-state index contributed by atoms with van der Waals surface area (Å²) >= 11 is 0. The van der Waals surface area contributed by atoms with Gasteiger partial charge in [-0.15, -0.1) is 0 Å².